The van der Waals surface area contributed by atoms with E-state index in [1.165, 1.54) is 6.20 Å². The van der Waals surface area contributed by atoms with Crippen molar-refractivity contribution in [2.24, 2.45) is 0 Å². The highest BCUT2D eigenvalue weighted by atomic mass is 16.6. The summed E-state index contributed by atoms with van der Waals surface area (Å²) in [4.78, 5) is 44.5. The molecular formula is C20H21N3O4. The minimum Gasteiger partial charge on any atom is -0.458 e. The minimum atomic E-state index is -1.01. The van der Waals surface area contributed by atoms with Gasteiger partial charge in [-0.25, -0.2) is 9.78 Å². The van der Waals surface area contributed by atoms with Gasteiger partial charge in [0, 0.05) is 12.6 Å². The molecule has 0 aliphatic heterocycles. The number of carbonyl (C=O) groups excluding carboxylic acids is 1. The second-order valence-corrected chi connectivity index (χ2v) is 7.24. The predicted molar refractivity (Wildman–Crippen MR) is 102 cm³/mol. The van der Waals surface area contributed by atoms with Crippen molar-refractivity contribution in [1.82, 2.24) is 14.5 Å². The molecule has 3 rings (SSSR count). The molecule has 0 unspecified atom stereocenters. The van der Waals surface area contributed by atoms with Gasteiger partial charge in [0.2, 0.25) is 0 Å². The van der Waals surface area contributed by atoms with Crippen LogP contribution in [-0.4, -0.2) is 26.1 Å². The number of H-pyrrole nitrogens is 1. The number of ether oxygens (including phenoxy) is 1. The number of pyridine rings is 1. The molecule has 27 heavy (non-hydrogen) atoms. The Labute approximate surface area is 155 Å². The maximum absolute atomic E-state index is 12.9. The number of carbonyl (C=O) groups is 1. The van der Waals surface area contributed by atoms with Crippen molar-refractivity contribution >= 4 is 17.1 Å². The summed E-state index contributed by atoms with van der Waals surface area (Å²) >= 11 is 0. The third-order valence-corrected chi connectivity index (χ3v) is 3.94. The zero-order valence-electron chi connectivity index (χ0n) is 15.4. The highest BCUT2D eigenvalue weighted by Crippen LogP contribution is 2.21. The quantitative estimate of drug-likeness (QED) is 0.564. The number of nitrogens with one attached hydrogen (secondary N) is 1. The lowest BCUT2D eigenvalue weighted by molar-refractivity contribution is -0.159. The van der Waals surface area contributed by atoms with E-state index in [1.54, 1.807) is 32.9 Å². The first-order chi connectivity index (χ1) is 12.8. The zero-order valence-corrected chi connectivity index (χ0v) is 15.4. The number of hydrogen-bond acceptors (Lipinski definition) is 5. The highest BCUT2D eigenvalue weighted by molar-refractivity contribution is 5.78. The second kappa shape index (κ2) is 7.19. The van der Waals surface area contributed by atoms with Crippen LogP contribution in [0.5, 0.6) is 0 Å². The Kier molecular flexibility index (Phi) is 4.94. The van der Waals surface area contributed by atoms with Crippen LogP contribution in [-0.2, 0) is 16.0 Å². The van der Waals surface area contributed by atoms with Gasteiger partial charge in [0.15, 0.2) is 5.65 Å². The molecule has 1 aromatic carbocycles. The SMILES string of the molecule is CC(C)(C)OC(=O)[C@H](Cc1ccccc1)n1c(=O)c(=O)[nH]c2cccnc21. The molecule has 140 valence electrons. The molecule has 0 aliphatic rings. The Morgan fingerprint density at radius 2 is 1.85 bits per heavy atom. The van der Waals surface area contributed by atoms with Gasteiger partial charge in [0.05, 0.1) is 5.52 Å². The first kappa shape index (κ1) is 18.6. The zero-order chi connectivity index (χ0) is 19.6. The van der Waals surface area contributed by atoms with Crippen LogP contribution in [0.1, 0.15) is 32.4 Å². The van der Waals surface area contributed by atoms with E-state index < -0.39 is 28.7 Å². The molecule has 1 N–H and O–H groups in total. The first-order valence-corrected chi connectivity index (χ1v) is 8.62. The largest absolute Gasteiger partial charge is 0.458 e. The van der Waals surface area contributed by atoms with E-state index in [9.17, 15) is 14.4 Å². The monoisotopic (exact) mass is 367 g/mol. The number of nitrogens with zero attached hydrogens (tertiary/aromatic N) is 2. The lowest BCUT2D eigenvalue weighted by atomic mass is 10.0. The molecule has 2 aromatic heterocycles. The van der Waals surface area contributed by atoms with Crippen LogP contribution in [0.3, 0.4) is 0 Å². The second-order valence-electron chi connectivity index (χ2n) is 7.24. The molecular weight excluding hydrogens is 346 g/mol. The predicted octanol–water partition coefficient (Wildman–Crippen LogP) is 2.21. The summed E-state index contributed by atoms with van der Waals surface area (Å²) in [5.74, 6) is -0.592. The van der Waals surface area contributed by atoms with E-state index in [0.29, 0.717) is 5.52 Å². The van der Waals surface area contributed by atoms with E-state index in [-0.39, 0.29) is 12.1 Å². The Balaban J connectivity index is 2.20. The van der Waals surface area contributed by atoms with Crippen molar-refractivity contribution in [3.63, 3.8) is 0 Å². The molecule has 0 fully saturated rings. The van der Waals surface area contributed by atoms with Gasteiger partial charge in [-0.3, -0.25) is 14.2 Å². The molecule has 7 heteroatoms. The van der Waals surface area contributed by atoms with Crippen LogP contribution in [0, 0.1) is 0 Å². The van der Waals surface area contributed by atoms with Crippen molar-refractivity contribution < 1.29 is 9.53 Å². The van der Waals surface area contributed by atoms with Crippen molar-refractivity contribution in [3.05, 3.63) is 74.9 Å². The van der Waals surface area contributed by atoms with Crippen LogP contribution >= 0.6 is 0 Å². The fraction of sp³-hybridized carbons (Fsp3) is 0.300. The maximum Gasteiger partial charge on any atom is 0.330 e. The van der Waals surface area contributed by atoms with Crippen LogP contribution in [0.25, 0.3) is 11.2 Å². The standard InChI is InChI=1S/C20H21N3O4/c1-20(2,3)27-19(26)15(12-13-8-5-4-6-9-13)23-16-14(10-7-11-21-16)22-17(24)18(23)25/h4-11,15H,12H2,1-3H3,(H,22,24)/t15-/m0/s1. The fourth-order valence-electron chi connectivity index (χ4n) is 2.84. The van der Waals surface area contributed by atoms with E-state index in [4.69, 9.17) is 4.74 Å². The summed E-state index contributed by atoms with van der Waals surface area (Å²) in [5.41, 5.74) is -0.938. The molecule has 0 saturated heterocycles. The van der Waals surface area contributed by atoms with Gasteiger partial charge in [-0.2, -0.15) is 0 Å². The summed E-state index contributed by atoms with van der Waals surface area (Å²) in [5, 5.41) is 0. The summed E-state index contributed by atoms with van der Waals surface area (Å²) in [7, 11) is 0. The summed E-state index contributed by atoms with van der Waals surface area (Å²) in [6.45, 7) is 5.25. The number of hydrogen-bond donors (Lipinski definition) is 1. The van der Waals surface area contributed by atoms with E-state index in [0.717, 1.165) is 10.1 Å². The fourth-order valence-corrected chi connectivity index (χ4v) is 2.84. The lowest BCUT2D eigenvalue weighted by Gasteiger charge is -2.25. The molecule has 2 heterocycles. The topological polar surface area (TPSA) is 94.0 Å². The highest BCUT2D eigenvalue weighted by Gasteiger charge is 2.30. The normalized spacial score (nSPS) is 12.7. The molecule has 0 amide bonds. The van der Waals surface area contributed by atoms with Gasteiger partial charge in [-0.15, -0.1) is 0 Å². The van der Waals surface area contributed by atoms with E-state index >= 15 is 0 Å². The average molecular weight is 367 g/mol. The molecule has 0 bridgehead atoms. The third-order valence-electron chi connectivity index (χ3n) is 3.94. The van der Waals surface area contributed by atoms with Crippen LogP contribution < -0.4 is 11.1 Å². The Morgan fingerprint density at radius 1 is 1.15 bits per heavy atom. The number of aromatic nitrogens is 3. The summed E-state index contributed by atoms with van der Waals surface area (Å²) in [6, 6.07) is 11.5. The van der Waals surface area contributed by atoms with E-state index in [1.807, 2.05) is 30.3 Å². The number of esters is 1. The number of aromatic amines is 1. The van der Waals surface area contributed by atoms with Gasteiger partial charge < -0.3 is 9.72 Å². The third kappa shape index (κ3) is 4.13. The molecule has 1 atom stereocenters. The van der Waals surface area contributed by atoms with Crippen molar-refractivity contribution in [2.75, 3.05) is 0 Å². The molecule has 3 aromatic rings. The van der Waals surface area contributed by atoms with Gasteiger partial charge in [-0.1, -0.05) is 30.3 Å². The number of rotatable bonds is 4. The first-order valence-electron chi connectivity index (χ1n) is 8.62. The van der Waals surface area contributed by atoms with Crippen molar-refractivity contribution in [1.29, 1.82) is 0 Å². The Morgan fingerprint density at radius 3 is 2.52 bits per heavy atom. The Bertz CT molecular complexity index is 1080. The van der Waals surface area contributed by atoms with Gasteiger partial charge in [0.25, 0.3) is 0 Å². The Hall–Kier alpha value is -3.22. The maximum atomic E-state index is 12.9. The van der Waals surface area contributed by atoms with Crippen LogP contribution in [0.4, 0.5) is 0 Å². The minimum absolute atomic E-state index is 0.199. The molecule has 0 saturated carbocycles. The van der Waals surface area contributed by atoms with Gasteiger partial charge in [-0.05, 0) is 38.5 Å². The van der Waals surface area contributed by atoms with Crippen molar-refractivity contribution in [3.8, 4) is 0 Å². The molecule has 0 spiro atoms. The molecule has 7 nitrogen and oxygen atoms in total. The van der Waals surface area contributed by atoms with Gasteiger partial charge >= 0.3 is 17.1 Å². The lowest BCUT2D eigenvalue weighted by Crippen LogP contribution is -2.43. The summed E-state index contributed by atoms with van der Waals surface area (Å²) < 4.78 is 6.67. The number of benzene rings is 1. The van der Waals surface area contributed by atoms with Gasteiger partial charge in [0.1, 0.15) is 11.6 Å². The average Bonchev–Trinajstić information content (AvgIpc) is 2.61. The summed E-state index contributed by atoms with van der Waals surface area (Å²) in [6.07, 6.45) is 1.70. The smallest absolute Gasteiger partial charge is 0.330 e. The molecule has 0 aliphatic carbocycles. The van der Waals surface area contributed by atoms with E-state index in [2.05, 4.69) is 9.97 Å². The molecule has 0 radical (unpaired) electrons. The van der Waals surface area contributed by atoms with Crippen LogP contribution in [0.15, 0.2) is 58.3 Å². The van der Waals surface area contributed by atoms with Crippen LogP contribution in [0.2, 0.25) is 0 Å². The van der Waals surface area contributed by atoms with Crippen molar-refractivity contribution in [2.45, 2.75) is 38.8 Å². The number of fused-ring (bicyclic) bond motifs is 1.